The van der Waals surface area contributed by atoms with Crippen LogP contribution in [-0.4, -0.2) is 43.1 Å². The summed E-state index contributed by atoms with van der Waals surface area (Å²) in [4.78, 5) is 43.4. The van der Waals surface area contributed by atoms with E-state index in [-0.39, 0.29) is 22.5 Å². The number of pyridine rings is 2. The Kier molecular flexibility index (Phi) is 5.80. The Balaban J connectivity index is 1.68. The van der Waals surface area contributed by atoms with Crippen molar-refractivity contribution in [1.29, 1.82) is 0 Å². The van der Waals surface area contributed by atoms with Crippen LogP contribution in [-0.2, 0) is 16.7 Å². The monoisotopic (exact) mass is 477 g/mol. The Morgan fingerprint density at radius 3 is 2.73 bits per heavy atom. The van der Waals surface area contributed by atoms with E-state index in [9.17, 15) is 27.6 Å². The number of aromatic amines is 1. The lowest BCUT2D eigenvalue weighted by molar-refractivity contribution is -0.137. The molecular formula is C20H14F3N5O4S. The fraction of sp³-hybridized carbons (Fsp3) is 0.150. The SMILES string of the molecule is O=C(O)CNC(=O)c1c(=O)cc(SCc2ccnc3c(C(F)(F)F)cccc23)n2[nH]cnc12. The van der Waals surface area contributed by atoms with Gasteiger partial charge in [0.2, 0.25) is 0 Å². The molecule has 3 heterocycles. The van der Waals surface area contributed by atoms with Crippen molar-refractivity contribution in [2.24, 2.45) is 0 Å². The number of hydrogen-bond acceptors (Lipinski definition) is 6. The number of H-pyrrole nitrogens is 1. The number of halogens is 3. The number of nitrogens with zero attached hydrogens (tertiary/aromatic N) is 3. The molecule has 0 spiro atoms. The average Bonchev–Trinajstić information content (AvgIpc) is 3.24. The molecule has 1 aromatic carbocycles. The highest BCUT2D eigenvalue weighted by Gasteiger charge is 2.33. The quantitative estimate of drug-likeness (QED) is 0.364. The minimum atomic E-state index is -4.55. The molecule has 4 rings (SSSR count). The normalized spacial score (nSPS) is 11.7. The molecule has 0 bridgehead atoms. The largest absolute Gasteiger partial charge is 0.480 e. The van der Waals surface area contributed by atoms with Crippen LogP contribution in [0, 0.1) is 0 Å². The molecule has 3 N–H and O–H groups in total. The van der Waals surface area contributed by atoms with Crippen LogP contribution < -0.4 is 10.7 Å². The van der Waals surface area contributed by atoms with E-state index < -0.39 is 35.6 Å². The van der Waals surface area contributed by atoms with Gasteiger partial charge < -0.3 is 10.4 Å². The van der Waals surface area contributed by atoms with Gasteiger partial charge in [-0.05, 0) is 17.7 Å². The summed E-state index contributed by atoms with van der Waals surface area (Å²) >= 11 is 1.15. The molecule has 9 nitrogen and oxygen atoms in total. The second-order valence-electron chi connectivity index (χ2n) is 6.80. The molecule has 4 aromatic rings. The van der Waals surface area contributed by atoms with Gasteiger partial charge in [-0.1, -0.05) is 12.1 Å². The van der Waals surface area contributed by atoms with Gasteiger partial charge in [0.1, 0.15) is 23.5 Å². The van der Waals surface area contributed by atoms with Crippen molar-refractivity contribution >= 4 is 40.2 Å². The smallest absolute Gasteiger partial charge is 0.418 e. The van der Waals surface area contributed by atoms with Gasteiger partial charge in [-0.3, -0.25) is 24.5 Å². The van der Waals surface area contributed by atoms with Crippen molar-refractivity contribution in [1.82, 2.24) is 24.9 Å². The molecule has 0 atom stereocenters. The fourth-order valence-corrected chi connectivity index (χ4v) is 4.29. The molecule has 170 valence electrons. The Hall–Kier alpha value is -3.87. The van der Waals surface area contributed by atoms with E-state index in [1.54, 1.807) is 12.1 Å². The van der Waals surface area contributed by atoms with Crippen molar-refractivity contribution in [2.75, 3.05) is 6.54 Å². The maximum Gasteiger partial charge on any atom is 0.418 e. The third kappa shape index (κ3) is 4.39. The highest BCUT2D eigenvalue weighted by atomic mass is 32.2. The predicted octanol–water partition coefficient (Wildman–Crippen LogP) is 2.70. The van der Waals surface area contributed by atoms with Crippen LogP contribution in [0.3, 0.4) is 0 Å². The Morgan fingerprint density at radius 1 is 1.21 bits per heavy atom. The third-order valence-electron chi connectivity index (χ3n) is 4.70. The van der Waals surface area contributed by atoms with Gasteiger partial charge in [-0.2, -0.15) is 13.2 Å². The topological polar surface area (TPSA) is 129 Å². The van der Waals surface area contributed by atoms with Crippen LogP contribution >= 0.6 is 11.8 Å². The number of aliphatic carboxylic acids is 1. The molecule has 0 aliphatic heterocycles. The van der Waals surface area contributed by atoms with E-state index in [4.69, 9.17) is 5.11 Å². The molecule has 3 aromatic heterocycles. The molecule has 1 amide bonds. The Labute approximate surface area is 186 Å². The number of aromatic nitrogens is 4. The number of amides is 1. The van der Waals surface area contributed by atoms with Crippen LogP contribution in [0.1, 0.15) is 21.5 Å². The van der Waals surface area contributed by atoms with Crippen molar-refractivity contribution in [3.8, 4) is 0 Å². The van der Waals surface area contributed by atoms with Gasteiger partial charge in [0.25, 0.3) is 5.91 Å². The zero-order chi connectivity index (χ0) is 23.8. The molecule has 0 aliphatic rings. The third-order valence-corrected chi connectivity index (χ3v) is 5.75. The number of carbonyl (C=O) groups is 2. The molecule has 0 unspecified atom stereocenters. The van der Waals surface area contributed by atoms with Crippen LogP contribution in [0.2, 0.25) is 0 Å². The van der Waals surface area contributed by atoms with Gasteiger partial charge in [0.05, 0.1) is 11.1 Å². The van der Waals surface area contributed by atoms with E-state index in [2.05, 4.69) is 20.4 Å². The number of carboxylic acids is 1. The second-order valence-corrected chi connectivity index (χ2v) is 7.80. The number of para-hydroxylation sites is 1. The van der Waals surface area contributed by atoms with E-state index in [1.165, 1.54) is 29.2 Å². The van der Waals surface area contributed by atoms with E-state index in [0.29, 0.717) is 16.0 Å². The van der Waals surface area contributed by atoms with Crippen molar-refractivity contribution in [3.05, 3.63) is 69.8 Å². The molecule has 33 heavy (non-hydrogen) atoms. The maximum atomic E-state index is 13.3. The number of nitrogens with one attached hydrogen (secondary N) is 2. The number of rotatable bonds is 6. The van der Waals surface area contributed by atoms with Gasteiger partial charge in [-0.25, -0.2) is 9.50 Å². The van der Waals surface area contributed by atoms with Crippen LogP contribution in [0.15, 0.2) is 52.7 Å². The number of thioether (sulfide) groups is 1. The Bertz CT molecular complexity index is 1450. The zero-order valence-electron chi connectivity index (χ0n) is 16.5. The lowest BCUT2D eigenvalue weighted by atomic mass is 10.1. The first-order valence-corrected chi connectivity index (χ1v) is 10.3. The van der Waals surface area contributed by atoms with Gasteiger partial charge in [-0.15, -0.1) is 11.8 Å². The number of carbonyl (C=O) groups excluding carboxylic acids is 1. The van der Waals surface area contributed by atoms with Crippen molar-refractivity contribution in [3.63, 3.8) is 0 Å². The predicted molar refractivity (Wildman–Crippen MR) is 112 cm³/mol. The fourth-order valence-electron chi connectivity index (χ4n) is 3.27. The summed E-state index contributed by atoms with van der Waals surface area (Å²) in [7, 11) is 0. The molecule has 0 radical (unpaired) electrons. The lowest BCUT2D eigenvalue weighted by Crippen LogP contribution is -2.33. The molecule has 0 fully saturated rings. The van der Waals surface area contributed by atoms with Crippen LogP contribution in [0.5, 0.6) is 0 Å². The summed E-state index contributed by atoms with van der Waals surface area (Å²) in [5, 5.41) is 14.3. The summed E-state index contributed by atoms with van der Waals surface area (Å²) < 4.78 is 41.3. The summed E-state index contributed by atoms with van der Waals surface area (Å²) in [6.07, 6.45) is -2.00. The summed E-state index contributed by atoms with van der Waals surface area (Å²) in [5.74, 6) is -1.96. The summed E-state index contributed by atoms with van der Waals surface area (Å²) in [6, 6.07) is 6.59. The van der Waals surface area contributed by atoms with Crippen LogP contribution in [0.25, 0.3) is 16.6 Å². The minimum absolute atomic E-state index is 0.00756. The van der Waals surface area contributed by atoms with Gasteiger partial charge in [0.15, 0.2) is 11.1 Å². The van der Waals surface area contributed by atoms with Crippen LogP contribution in [0.4, 0.5) is 13.2 Å². The standard InChI is InChI=1S/C20H14F3N5O4S/c21-20(22,23)12-3-1-2-11-10(4-5-24-17(11)12)8-33-14-6-13(29)16(18-26-9-27-28(14)18)19(32)25-7-15(30)31/h1-6,9H,7-8H2,(H,25,32)(H,26,27)(H,30,31). The molecule has 0 saturated heterocycles. The maximum absolute atomic E-state index is 13.3. The van der Waals surface area contributed by atoms with Gasteiger partial charge in [0, 0.05) is 23.4 Å². The number of fused-ring (bicyclic) bond motifs is 2. The van der Waals surface area contributed by atoms with Gasteiger partial charge >= 0.3 is 12.1 Å². The zero-order valence-corrected chi connectivity index (χ0v) is 17.3. The first-order chi connectivity index (χ1) is 15.7. The van der Waals surface area contributed by atoms with Crippen molar-refractivity contribution in [2.45, 2.75) is 17.0 Å². The number of carboxylic acid groups (broad SMARTS) is 1. The number of alkyl halides is 3. The molecule has 0 aliphatic carbocycles. The van der Waals surface area contributed by atoms with Crippen molar-refractivity contribution < 1.29 is 27.9 Å². The first kappa shape index (κ1) is 22.3. The molecule has 13 heteroatoms. The van der Waals surface area contributed by atoms with E-state index in [0.717, 1.165) is 17.8 Å². The number of benzene rings is 1. The molecule has 0 saturated carbocycles. The highest BCUT2D eigenvalue weighted by molar-refractivity contribution is 7.98. The second kappa shape index (κ2) is 8.58. The summed E-state index contributed by atoms with van der Waals surface area (Å²) in [5.41, 5.74) is -1.45. The van der Waals surface area contributed by atoms with E-state index >= 15 is 0 Å². The summed E-state index contributed by atoms with van der Waals surface area (Å²) in [6.45, 7) is -0.666. The minimum Gasteiger partial charge on any atom is -0.480 e. The Morgan fingerprint density at radius 2 is 2.00 bits per heavy atom. The molecular weight excluding hydrogens is 463 g/mol. The average molecular weight is 477 g/mol. The first-order valence-electron chi connectivity index (χ1n) is 9.32. The van der Waals surface area contributed by atoms with E-state index in [1.807, 2.05) is 0 Å². The lowest BCUT2D eigenvalue weighted by Gasteiger charge is -2.12. The number of hydrogen-bond donors (Lipinski definition) is 3. The highest BCUT2D eigenvalue weighted by Crippen LogP contribution is 2.35.